The molecule has 2 rings (SSSR count). The number of benzene rings is 1. The fourth-order valence-electron chi connectivity index (χ4n) is 1.45. The lowest BCUT2D eigenvalue weighted by atomic mass is 10.2. The summed E-state index contributed by atoms with van der Waals surface area (Å²) in [6.07, 6.45) is 0. The van der Waals surface area contributed by atoms with Gasteiger partial charge in [-0.3, -0.25) is 9.52 Å². The van der Waals surface area contributed by atoms with Gasteiger partial charge in [-0.2, -0.15) is 0 Å². The molecule has 6 heteroatoms. The van der Waals surface area contributed by atoms with Crippen LogP contribution >= 0.6 is 0 Å². The fraction of sp³-hybridized carbons (Fsp3) is 0.222. The van der Waals surface area contributed by atoms with E-state index in [9.17, 15) is 13.2 Å². The zero-order valence-corrected chi connectivity index (χ0v) is 8.91. The minimum Gasteiger partial charge on any atom is -0.313 e. The Morgan fingerprint density at radius 1 is 1.33 bits per heavy atom. The number of para-hydroxylation sites is 2. The number of anilines is 2. The first-order valence-electron chi connectivity index (χ1n) is 4.36. The average Bonchev–Trinajstić information content (AvgIpc) is 2.23. The Morgan fingerprint density at radius 3 is 2.73 bits per heavy atom. The van der Waals surface area contributed by atoms with Crippen molar-refractivity contribution in [3.63, 3.8) is 0 Å². The molecule has 0 bridgehead atoms. The SMILES string of the molecule is CN1C(=O)CS(=O)(=O)Nc2ccccc21. The maximum Gasteiger partial charge on any atom is 0.243 e. The van der Waals surface area contributed by atoms with E-state index in [1.54, 1.807) is 31.3 Å². The van der Waals surface area contributed by atoms with E-state index in [-0.39, 0.29) is 0 Å². The molecule has 1 aliphatic heterocycles. The highest BCUT2D eigenvalue weighted by molar-refractivity contribution is 7.93. The van der Waals surface area contributed by atoms with Gasteiger partial charge in [0.05, 0.1) is 11.4 Å². The van der Waals surface area contributed by atoms with Crippen LogP contribution in [0.25, 0.3) is 0 Å². The van der Waals surface area contributed by atoms with Crippen molar-refractivity contribution in [3.05, 3.63) is 24.3 Å². The third-order valence-electron chi connectivity index (χ3n) is 2.22. The fourth-order valence-corrected chi connectivity index (χ4v) is 2.55. The monoisotopic (exact) mass is 226 g/mol. The average molecular weight is 226 g/mol. The van der Waals surface area contributed by atoms with Crippen molar-refractivity contribution in [2.75, 3.05) is 22.4 Å². The van der Waals surface area contributed by atoms with E-state index in [2.05, 4.69) is 4.72 Å². The molecule has 0 spiro atoms. The molecule has 1 aromatic rings. The minimum absolute atomic E-state index is 0.436. The van der Waals surface area contributed by atoms with E-state index < -0.39 is 21.7 Å². The van der Waals surface area contributed by atoms with Crippen molar-refractivity contribution in [1.29, 1.82) is 0 Å². The molecule has 1 N–H and O–H groups in total. The Labute approximate surface area is 87.8 Å². The van der Waals surface area contributed by atoms with E-state index in [1.807, 2.05) is 0 Å². The quantitative estimate of drug-likeness (QED) is 0.696. The van der Waals surface area contributed by atoms with Gasteiger partial charge < -0.3 is 4.90 Å². The van der Waals surface area contributed by atoms with Crippen LogP contribution in [0.15, 0.2) is 24.3 Å². The third-order valence-corrected chi connectivity index (χ3v) is 3.38. The van der Waals surface area contributed by atoms with Gasteiger partial charge in [0.2, 0.25) is 15.9 Å². The van der Waals surface area contributed by atoms with Crippen molar-refractivity contribution in [1.82, 2.24) is 0 Å². The molecule has 0 saturated carbocycles. The second-order valence-electron chi connectivity index (χ2n) is 3.33. The largest absolute Gasteiger partial charge is 0.313 e. The van der Waals surface area contributed by atoms with Gasteiger partial charge in [-0.15, -0.1) is 0 Å². The number of hydrogen-bond donors (Lipinski definition) is 1. The first-order valence-corrected chi connectivity index (χ1v) is 6.01. The van der Waals surface area contributed by atoms with Crippen LogP contribution in [0.4, 0.5) is 11.4 Å². The van der Waals surface area contributed by atoms with Gasteiger partial charge in [-0.05, 0) is 12.1 Å². The Hall–Kier alpha value is -1.56. The summed E-state index contributed by atoms with van der Waals surface area (Å²) in [5.41, 5.74) is 1.01. The number of nitrogens with one attached hydrogen (secondary N) is 1. The summed E-state index contributed by atoms with van der Waals surface area (Å²) in [6, 6.07) is 6.79. The van der Waals surface area contributed by atoms with Crippen molar-refractivity contribution in [3.8, 4) is 0 Å². The summed E-state index contributed by atoms with van der Waals surface area (Å²) < 4.78 is 25.2. The number of rotatable bonds is 0. The van der Waals surface area contributed by atoms with Crippen LogP contribution in [0.1, 0.15) is 0 Å². The lowest BCUT2D eigenvalue weighted by Gasteiger charge is -2.15. The number of sulfonamides is 1. The summed E-state index contributed by atoms with van der Waals surface area (Å²) in [6.45, 7) is 0. The van der Waals surface area contributed by atoms with Crippen molar-refractivity contribution in [2.45, 2.75) is 0 Å². The van der Waals surface area contributed by atoms with Gasteiger partial charge in [-0.25, -0.2) is 8.42 Å². The first kappa shape index (κ1) is 9.97. The third kappa shape index (κ3) is 1.80. The Bertz CT molecular complexity index is 510. The molecule has 5 nitrogen and oxygen atoms in total. The van der Waals surface area contributed by atoms with Crippen molar-refractivity contribution in [2.24, 2.45) is 0 Å². The molecule has 0 unspecified atom stereocenters. The maximum absolute atomic E-state index is 11.5. The van der Waals surface area contributed by atoms with E-state index in [0.717, 1.165) is 0 Å². The van der Waals surface area contributed by atoms with Crippen LogP contribution in [0.3, 0.4) is 0 Å². The topological polar surface area (TPSA) is 66.5 Å². The summed E-state index contributed by atoms with van der Waals surface area (Å²) >= 11 is 0. The van der Waals surface area contributed by atoms with E-state index in [1.165, 1.54) is 4.90 Å². The Balaban J connectivity index is 2.60. The molecule has 15 heavy (non-hydrogen) atoms. The molecule has 1 amide bonds. The van der Waals surface area contributed by atoms with Crippen molar-refractivity contribution >= 4 is 27.3 Å². The highest BCUT2D eigenvalue weighted by Crippen LogP contribution is 2.28. The lowest BCUT2D eigenvalue weighted by molar-refractivity contribution is -0.115. The molecule has 80 valence electrons. The second kappa shape index (κ2) is 3.23. The predicted molar refractivity (Wildman–Crippen MR) is 57.3 cm³/mol. The molecule has 1 aliphatic rings. The molecule has 0 aromatic heterocycles. The number of carbonyl (C=O) groups excluding carboxylic acids is 1. The number of fused-ring (bicyclic) bond motifs is 1. The first-order chi connectivity index (χ1) is 6.99. The molecule has 0 fully saturated rings. The zero-order valence-electron chi connectivity index (χ0n) is 8.10. The van der Waals surface area contributed by atoms with Crippen LogP contribution in [0, 0.1) is 0 Å². The highest BCUT2D eigenvalue weighted by atomic mass is 32.2. The Kier molecular flexibility index (Phi) is 2.15. The molecular formula is C9H10N2O3S. The normalized spacial score (nSPS) is 19.0. The summed E-state index contributed by atoms with van der Waals surface area (Å²) in [7, 11) is -2.00. The molecule has 0 saturated heterocycles. The molecular weight excluding hydrogens is 216 g/mol. The van der Waals surface area contributed by atoms with E-state index >= 15 is 0 Å². The molecule has 0 radical (unpaired) electrons. The van der Waals surface area contributed by atoms with Gasteiger partial charge in [0, 0.05) is 7.05 Å². The summed E-state index contributed by atoms with van der Waals surface area (Å²) in [5.74, 6) is -0.953. The molecule has 0 aliphatic carbocycles. The lowest BCUT2D eigenvalue weighted by Crippen LogP contribution is -2.30. The van der Waals surface area contributed by atoms with Crippen molar-refractivity contribution < 1.29 is 13.2 Å². The van der Waals surface area contributed by atoms with Gasteiger partial charge in [0.25, 0.3) is 0 Å². The summed E-state index contributed by atoms with van der Waals surface area (Å²) in [4.78, 5) is 12.8. The number of hydrogen-bond acceptors (Lipinski definition) is 3. The van der Waals surface area contributed by atoms with Crippen LogP contribution in [0.2, 0.25) is 0 Å². The van der Waals surface area contributed by atoms with Crippen LogP contribution in [0.5, 0.6) is 0 Å². The van der Waals surface area contributed by atoms with Gasteiger partial charge in [0.1, 0.15) is 5.75 Å². The second-order valence-corrected chi connectivity index (χ2v) is 5.05. The maximum atomic E-state index is 11.5. The minimum atomic E-state index is -3.56. The van der Waals surface area contributed by atoms with E-state index in [4.69, 9.17) is 0 Å². The van der Waals surface area contributed by atoms with Crippen LogP contribution < -0.4 is 9.62 Å². The van der Waals surface area contributed by atoms with Gasteiger partial charge >= 0.3 is 0 Å². The molecule has 1 heterocycles. The number of amides is 1. The molecule has 0 atom stereocenters. The zero-order chi connectivity index (χ0) is 11.1. The standard InChI is InChI=1S/C9H10N2O3S/c1-11-8-5-3-2-4-7(8)10-15(13,14)6-9(11)12/h2-5,10H,6H2,1H3. The number of carbonyl (C=O) groups is 1. The number of nitrogens with zero attached hydrogens (tertiary/aromatic N) is 1. The highest BCUT2D eigenvalue weighted by Gasteiger charge is 2.26. The van der Waals surface area contributed by atoms with Crippen LogP contribution in [-0.4, -0.2) is 27.1 Å². The predicted octanol–water partition coefficient (Wildman–Crippen LogP) is 0.405. The Morgan fingerprint density at radius 2 is 2.00 bits per heavy atom. The smallest absolute Gasteiger partial charge is 0.243 e. The summed E-state index contributed by atoms with van der Waals surface area (Å²) in [5, 5.41) is 0. The van der Waals surface area contributed by atoms with Gasteiger partial charge in [0.15, 0.2) is 0 Å². The van der Waals surface area contributed by atoms with E-state index in [0.29, 0.717) is 11.4 Å². The molecule has 1 aromatic carbocycles. The van der Waals surface area contributed by atoms with Crippen LogP contribution in [-0.2, 0) is 14.8 Å². The van der Waals surface area contributed by atoms with Gasteiger partial charge in [-0.1, -0.05) is 12.1 Å².